The molecule has 8 nitrogen and oxygen atoms in total. The average molecular weight is 385 g/mol. The maximum Gasteiger partial charge on any atom is 0.272 e. The molecule has 1 aliphatic heterocycles. The monoisotopic (exact) mass is 385 g/mol. The van der Waals surface area contributed by atoms with E-state index in [4.69, 9.17) is 0 Å². The van der Waals surface area contributed by atoms with E-state index in [9.17, 15) is 14.4 Å². The molecule has 0 aliphatic carbocycles. The second-order valence-corrected chi connectivity index (χ2v) is 7.52. The van der Waals surface area contributed by atoms with Gasteiger partial charge in [-0.05, 0) is 39.6 Å². The zero-order chi connectivity index (χ0) is 20.4. The standard InChI is InChI=1S/C20H27N5O3/c1-5-17(23(3)4)20(28)25-9-8-24(12-13(25)2)19(27)14-6-7-15-11-21-22-18(26)16(15)10-14/h6-7,10-11,13,17H,5,8-9,12H2,1-4H3,(H,22,26)/t13-,17?/m0/s1. The fraction of sp³-hybridized carbons (Fsp3) is 0.500. The van der Waals surface area contributed by atoms with E-state index in [0.717, 1.165) is 6.42 Å². The van der Waals surface area contributed by atoms with Gasteiger partial charge in [-0.3, -0.25) is 19.3 Å². The zero-order valence-corrected chi connectivity index (χ0v) is 16.8. The van der Waals surface area contributed by atoms with E-state index in [1.54, 1.807) is 29.3 Å². The molecule has 2 aromatic rings. The number of carbonyl (C=O) groups is 2. The molecular weight excluding hydrogens is 358 g/mol. The van der Waals surface area contributed by atoms with Crippen LogP contribution < -0.4 is 5.56 Å². The summed E-state index contributed by atoms with van der Waals surface area (Å²) < 4.78 is 0. The summed E-state index contributed by atoms with van der Waals surface area (Å²) >= 11 is 0. The van der Waals surface area contributed by atoms with Gasteiger partial charge in [0.15, 0.2) is 0 Å². The van der Waals surface area contributed by atoms with Crippen LogP contribution in [0.1, 0.15) is 30.6 Å². The number of aromatic amines is 1. The summed E-state index contributed by atoms with van der Waals surface area (Å²) in [5, 5.41) is 7.30. The molecule has 8 heteroatoms. The minimum atomic E-state index is -0.315. The number of aromatic nitrogens is 2. The van der Waals surface area contributed by atoms with Gasteiger partial charge in [0, 0.05) is 36.6 Å². The first-order valence-corrected chi connectivity index (χ1v) is 9.57. The maximum absolute atomic E-state index is 13.0. The Hall–Kier alpha value is -2.74. The Morgan fingerprint density at radius 3 is 2.71 bits per heavy atom. The number of H-pyrrole nitrogens is 1. The molecule has 3 rings (SSSR count). The number of hydrogen-bond acceptors (Lipinski definition) is 5. The van der Waals surface area contributed by atoms with Crippen molar-refractivity contribution in [2.24, 2.45) is 0 Å². The summed E-state index contributed by atoms with van der Waals surface area (Å²) in [6.45, 7) is 5.43. The molecule has 1 aromatic heterocycles. The molecular formula is C20H27N5O3. The van der Waals surface area contributed by atoms with Crippen molar-refractivity contribution in [2.45, 2.75) is 32.4 Å². The molecule has 0 bridgehead atoms. The van der Waals surface area contributed by atoms with Gasteiger partial charge in [0.05, 0.1) is 17.6 Å². The molecule has 1 aliphatic rings. The Balaban J connectivity index is 1.75. The van der Waals surface area contributed by atoms with Crippen LogP contribution in [0.15, 0.2) is 29.2 Å². The molecule has 2 atom stereocenters. The fourth-order valence-electron chi connectivity index (χ4n) is 3.82. The Labute approximate surface area is 164 Å². The van der Waals surface area contributed by atoms with Gasteiger partial charge in [0.25, 0.3) is 11.5 Å². The third kappa shape index (κ3) is 3.77. The number of hydrogen-bond donors (Lipinski definition) is 1. The van der Waals surface area contributed by atoms with Gasteiger partial charge in [-0.2, -0.15) is 5.10 Å². The van der Waals surface area contributed by atoms with Gasteiger partial charge < -0.3 is 9.80 Å². The van der Waals surface area contributed by atoms with Crippen LogP contribution in [-0.4, -0.2) is 82.5 Å². The van der Waals surface area contributed by atoms with Crippen LogP contribution in [-0.2, 0) is 4.79 Å². The lowest BCUT2D eigenvalue weighted by molar-refractivity contribution is -0.140. The van der Waals surface area contributed by atoms with Crippen molar-refractivity contribution in [3.05, 3.63) is 40.3 Å². The largest absolute Gasteiger partial charge is 0.335 e. The van der Waals surface area contributed by atoms with E-state index in [1.165, 1.54) is 0 Å². The van der Waals surface area contributed by atoms with Crippen molar-refractivity contribution < 1.29 is 9.59 Å². The normalized spacial score (nSPS) is 18.5. The molecule has 1 unspecified atom stereocenters. The minimum absolute atomic E-state index is 0.0627. The molecule has 28 heavy (non-hydrogen) atoms. The van der Waals surface area contributed by atoms with Crippen LogP contribution in [0, 0.1) is 0 Å². The maximum atomic E-state index is 13.0. The highest BCUT2D eigenvalue weighted by molar-refractivity contribution is 5.98. The van der Waals surface area contributed by atoms with E-state index in [0.29, 0.717) is 36.0 Å². The Kier molecular flexibility index (Phi) is 5.79. The first-order valence-electron chi connectivity index (χ1n) is 9.57. The number of nitrogens with zero attached hydrogens (tertiary/aromatic N) is 4. The number of amides is 2. The van der Waals surface area contributed by atoms with Crippen LogP contribution in [0.2, 0.25) is 0 Å². The van der Waals surface area contributed by atoms with Gasteiger partial charge in [0.1, 0.15) is 0 Å². The van der Waals surface area contributed by atoms with Crippen molar-refractivity contribution >= 4 is 22.6 Å². The number of benzene rings is 1. The number of likely N-dealkylation sites (N-methyl/N-ethyl adjacent to an activating group) is 1. The van der Waals surface area contributed by atoms with Gasteiger partial charge >= 0.3 is 0 Å². The predicted molar refractivity (Wildman–Crippen MR) is 107 cm³/mol. The fourth-order valence-corrected chi connectivity index (χ4v) is 3.82. The summed E-state index contributed by atoms with van der Waals surface area (Å²) in [5.74, 6) is -0.0199. The highest BCUT2D eigenvalue weighted by atomic mass is 16.2. The summed E-state index contributed by atoms with van der Waals surface area (Å²) in [5.41, 5.74) is 0.154. The lowest BCUT2D eigenvalue weighted by Gasteiger charge is -2.42. The molecule has 1 aromatic carbocycles. The Bertz CT molecular complexity index is 939. The first-order chi connectivity index (χ1) is 13.3. The van der Waals surface area contributed by atoms with E-state index in [1.807, 2.05) is 37.7 Å². The van der Waals surface area contributed by atoms with Crippen LogP contribution in [0.25, 0.3) is 10.8 Å². The lowest BCUT2D eigenvalue weighted by atomic mass is 10.1. The molecule has 1 saturated heterocycles. The number of carbonyl (C=O) groups excluding carboxylic acids is 2. The molecule has 2 amide bonds. The Morgan fingerprint density at radius 2 is 2.07 bits per heavy atom. The quantitative estimate of drug-likeness (QED) is 0.846. The minimum Gasteiger partial charge on any atom is -0.335 e. The van der Waals surface area contributed by atoms with Crippen LogP contribution in [0.3, 0.4) is 0 Å². The number of piperazine rings is 1. The van der Waals surface area contributed by atoms with E-state index < -0.39 is 0 Å². The molecule has 1 fully saturated rings. The Morgan fingerprint density at radius 1 is 1.32 bits per heavy atom. The second kappa shape index (κ2) is 8.10. The van der Waals surface area contributed by atoms with Crippen molar-refractivity contribution in [3.63, 3.8) is 0 Å². The van der Waals surface area contributed by atoms with E-state index in [-0.39, 0.29) is 29.5 Å². The average Bonchev–Trinajstić information content (AvgIpc) is 2.67. The summed E-state index contributed by atoms with van der Waals surface area (Å²) in [6, 6.07) is 4.85. The van der Waals surface area contributed by atoms with Crippen LogP contribution in [0.4, 0.5) is 0 Å². The molecule has 0 radical (unpaired) electrons. The van der Waals surface area contributed by atoms with Crippen LogP contribution in [0.5, 0.6) is 0 Å². The highest BCUT2D eigenvalue weighted by Crippen LogP contribution is 2.18. The summed E-state index contributed by atoms with van der Waals surface area (Å²) in [7, 11) is 3.82. The van der Waals surface area contributed by atoms with Gasteiger partial charge in [-0.25, -0.2) is 5.10 Å². The first kappa shape index (κ1) is 20.0. The van der Waals surface area contributed by atoms with Gasteiger partial charge in [0.2, 0.25) is 5.91 Å². The van der Waals surface area contributed by atoms with Crippen molar-refractivity contribution in [1.82, 2.24) is 24.9 Å². The lowest BCUT2D eigenvalue weighted by Crippen LogP contribution is -2.58. The molecule has 0 saturated carbocycles. The van der Waals surface area contributed by atoms with Crippen LogP contribution >= 0.6 is 0 Å². The zero-order valence-electron chi connectivity index (χ0n) is 16.8. The molecule has 0 spiro atoms. The van der Waals surface area contributed by atoms with E-state index in [2.05, 4.69) is 10.2 Å². The van der Waals surface area contributed by atoms with E-state index >= 15 is 0 Å². The number of nitrogens with one attached hydrogen (secondary N) is 1. The predicted octanol–water partition coefficient (Wildman–Crippen LogP) is 0.936. The smallest absolute Gasteiger partial charge is 0.272 e. The second-order valence-electron chi connectivity index (χ2n) is 7.52. The third-order valence-corrected chi connectivity index (χ3v) is 5.41. The third-order valence-electron chi connectivity index (χ3n) is 5.41. The van der Waals surface area contributed by atoms with Crippen molar-refractivity contribution in [1.29, 1.82) is 0 Å². The molecule has 1 N–H and O–H groups in total. The highest BCUT2D eigenvalue weighted by Gasteiger charge is 2.33. The summed E-state index contributed by atoms with van der Waals surface area (Å²) in [4.78, 5) is 43.3. The van der Waals surface area contributed by atoms with Gasteiger partial charge in [-0.15, -0.1) is 0 Å². The topological polar surface area (TPSA) is 89.6 Å². The SMILES string of the molecule is CCC(C(=O)N1CCN(C(=O)c2ccc3cn[nH]c(=O)c3c2)C[C@@H]1C)N(C)C. The summed E-state index contributed by atoms with van der Waals surface area (Å²) in [6.07, 6.45) is 2.31. The molecule has 2 heterocycles. The van der Waals surface area contributed by atoms with Gasteiger partial charge in [-0.1, -0.05) is 13.0 Å². The number of fused-ring (bicyclic) bond motifs is 1. The molecule has 150 valence electrons. The van der Waals surface area contributed by atoms with Crippen molar-refractivity contribution in [2.75, 3.05) is 33.7 Å². The number of rotatable bonds is 4. The van der Waals surface area contributed by atoms with Crippen molar-refractivity contribution in [3.8, 4) is 0 Å².